The molecule has 1 rings (SSSR count). The van der Waals surface area contributed by atoms with E-state index in [9.17, 15) is 14.9 Å². The van der Waals surface area contributed by atoms with Crippen molar-refractivity contribution in [2.75, 3.05) is 31.6 Å². The monoisotopic (exact) mass is 297 g/mol. The zero-order chi connectivity index (χ0) is 15.8. The number of amides is 1. The highest BCUT2D eigenvalue weighted by Gasteiger charge is 2.21. The van der Waals surface area contributed by atoms with Gasteiger partial charge in [-0.3, -0.25) is 19.8 Å². The summed E-state index contributed by atoms with van der Waals surface area (Å²) in [7, 11) is 0. The molecule has 1 aromatic rings. The van der Waals surface area contributed by atoms with E-state index >= 15 is 0 Å². The lowest BCUT2D eigenvalue weighted by atomic mass is 10.2. The molecule has 1 atom stereocenters. The molecule has 0 bridgehead atoms. The number of nitro benzene ring substituents is 1. The Hall–Kier alpha value is -2.03. The van der Waals surface area contributed by atoms with Crippen molar-refractivity contribution in [1.82, 2.24) is 4.90 Å². The predicted molar refractivity (Wildman–Crippen MR) is 76.9 cm³/mol. The van der Waals surface area contributed by atoms with Crippen molar-refractivity contribution in [2.45, 2.75) is 13.0 Å². The number of anilines is 1. The van der Waals surface area contributed by atoms with Crippen LogP contribution < -0.4 is 5.32 Å². The van der Waals surface area contributed by atoms with Crippen LogP contribution in [0.4, 0.5) is 11.4 Å². The molecule has 1 amide bonds. The average molecular weight is 297 g/mol. The number of hydrogen-bond donors (Lipinski definition) is 3. The van der Waals surface area contributed by atoms with E-state index in [1.54, 1.807) is 17.9 Å². The third kappa shape index (κ3) is 5.10. The summed E-state index contributed by atoms with van der Waals surface area (Å²) in [4.78, 5) is 23.9. The number of carbonyl (C=O) groups is 1. The molecule has 0 radical (unpaired) electrons. The van der Waals surface area contributed by atoms with Gasteiger partial charge in [0, 0.05) is 30.9 Å². The molecule has 0 aliphatic carbocycles. The fourth-order valence-electron chi connectivity index (χ4n) is 1.87. The first-order chi connectivity index (χ1) is 9.99. The van der Waals surface area contributed by atoms with Crippen LogP contribution in [0.5, 0.6) is 0 Å². The molecule has 3 N–H and O–H groups in total. The number of rotatable bonds is 8. The Kier molecular flexibility index (Phi) is 6.73. The summed E-state index contributed by atoms with van der Waals surface area (Å²) < 4.78 is 0. The lowest BCUT2D eigenvalue weighted by Crippen LogP contribution is -2.44. The van der Waals surface area contributed by atoms with Crippen molar-refractivity contribution < 1.29 is 19.9 Å². The largest absolute Gasteiger partial charge is 0.395 e. The smallest absolute Gasteiger partial charge is 0.271 e. The molecule has 116 valence electrons. The summed E-state index contributed by atoms with van der Waals surface area (Å²) in [5.41, 5.74) is 0.219. The van der Waals surface area contributed by atoms with E-state index < -0.39 is 11.0 Å². The number of hydrogen-bond acceptors (Lipinski definition) is 6. The van der Waals surface area contributed by atoms with Crippen molar-refractivity contribution in [2.24, 2.45) is 0 Å². The molecular weight excluding hydrogens is 278 g/mol. The molecule has 1 aromatic carbocycles. The van der Waals surface area contributed by atoms with Gasteiger partial charge in [-0.1, -0.05) is 6.07 Å². The molecule has 21 heavy (non-hydrogen) atoms. The summed E-state index contributed by atoms with van der Waals surface area (Å²) in [6.45, 7) is 1.88. The van der Waals surface area contributed by atoms with Gasteiger partial charge in [-0.2, -0.15) is 0 Å². The van der Waals surface area contributed by atoms with Crippen LogP contribution in [-0.4, -0.2) is 58.3 Å². The first-order valence-corrected chi connectivity index (χ1v) is 6.50. The molecule has 0 saturated heterocycles. The van der Waals surface area contributed by atoms with Crippen LogP contribution in [0, 0.1) is 10.1 Å². The van der Waals surface area contributed by atoms with Gasteiger partial charge in [0.25, 0.3) is 5.69 Å². The Labute approximate surface area is 122 Å². The van der Waals surface area contributed by atoms with Gasteiger partial charge in [0.05, 0.1) is 24.2 Å². The zero-order valence-corrected chi connectivity index (χ0v) is 11.7. The van der Waals surface area contributed by atoms with Crippen LogP contribution >= 0.6 is 0 Å². The third-order valence-electron chi connectivity index (χ3n) is 3.03. The van der Waals surface area contributed by atoms with Crippen molar-refractivity contribution in [1.29, 1.82) is 0 Å². The Balaban J connectivity index is 2.74. The highest BCUT2D eigenvalue weighted by Crippen LogP contribution is 2.17. The first kappa shape index (κ1) is 17.0. The molecule has 0 aliphatic heterocycles. The van der Waals surface area contributed by atoms with E-state index in [4.69, 9.17) is 10.2 Å². The quantitative estimate of drug-likeness (QED) is 0.466. The number of aliphatic hydroxyl groups excluding tert-OH is 2. The number of benzene rings is 1. The van der Waals surface area contributed by atoms with Crippen molar-refractivity contribution >= 4 is 17.3 Å². The number of nitrogens with zero attached hydrogens (tertiary/aromatic N) is 2. The summed E-state index contributed by atoms with van der Waals surface area (Å²) in [5.74, 6) is -0.364. The van der Waals surface area contributed by atoms with E-state index in [0.717, 1.165) is 0 Å². The van der Waals surface area contributed by atoms with Crippen LogP contribution in [0.25, 0.3) is 0 Å². The van der Waals surface area contributed by atoms with Crippen LogP contribution in [0.15, 0.2) is 24.3 Å². The van der Waals surface area contributed by atoms with E-state index in [-0.39, 0.29) is 37.9 Å². The Morgan fingerprint density at radius 3 is 2.52 bits per heavy atom. The molecule has 0 aliphatic rings. The lowest BCUT2D eigenvalue weighted by molar-refractivity contribution is -0.384. The second-order valence-corrected chi connectivity index (χ2v) is 4.46. The maximum absolute atomic E-state index is 12.1. The minimum absolute atomic E-state index is 0.108. The molecule has 8 nitrogen and oxygen atoms in total. The predicted octanol–water partition coefficient (Wildman–Crippen LogP) is 0.208. The molecule has 0 saturated carbocycles. The standard InChI is InChI=1S/C13H19N3O5/c1-10(15(5-7-17)6-8-18)13(19)14-11-3-2-4-12(9-11)16(20)21/h2-4,9-10,17-18H,5-8H2,1H3,(H,14,19). The molecule has 0 heterocycles. The number of nitrogens with one attached hydrogen (secondary N) is 1. The van der Waals surface area contributed by atoms with Crippen LogP contribution in [0.1, 0.15) is 6.92 Å². The summed E-state index contributed by atoms with van der Waals surface area (Å²) >= 11 is 0. The Morgan fingerprint density at radius 1 is 1.38 bits per heavy atom. The van der Waals surface area contributed by atoms with E-state index in [0.29, 0.717) is 5.69 Å². The van der Waals surface area contributed by atoms with Crippen LogP contribution in [-0.2, 0) is 4.79 Å². The molecule has 0 spiro atoms. The van der Waals surface area contributed by atoms with Gasteiger partial charge in [0.2, 0.25) is 5.91 Å². The van der Waals surface area contributed by atoms with Gasteiger partial charge >= 0.3 is 0 Å². The molecule has 0 aromatic heterocycles. The van der Waals surface area contributed by atoms with Crippen LogP contribution in [0.2, 0.25) is 0 Å². The van der Waals surface area contributed by atoms with Gasteiger partial charge in [-0.15, -0.1) is 0 Å². The van der Waals surface area contributed by atoms with Crippen molar-refractivity contribution in [3.63, 3.8) is 0 Å². The minimum Gasteiger partial charge on any atom is -0.395 e. The fourth-order valence-corrected chi connectivity index (χ4v) is 1.87. The normalized spacial score (nSPS) is 12.2. The van der Waals surface area contributed by atoms with E-state index in [1.165, 1.54) is 18.2 Å². The second kappa shape index (κ2) is 8.30. The van der Waals surface area contributed by atoms with Crippen molar-refractivity contribution in [3.8, 4) is 0 Å². The number of aliphatic hydroxyl groups is 2. The Bertz CT molecular complexity index is 488. The second-order valence-electron chi connectivity index (χ2n) is 4.46. The van der Waals surface area contributed by atoms with Gasteiger partial charge in [0.15, 0.2) is 0 Å². The lowest BCUT2D eigenvalue weighted by Gasteiger charge is -2.26. The van der Waals surface area contributed by atoms with E-state index in [1.807, 2.05) is 0 Å². The topological polar surface area (TPSA) is 116 Å². The molecule has 1 unspecified atom stereocenters. The first-order valence-electron chi connectivity index (χ1n) is 6.50. The van der Waals surface area contributed by atoms with Gasteiger partial charge in [0.1, 0.15) is 0 Å². The fraction of sp³-hybridized carbons (Fsp3) is 0.462. The Morgan fingerprint density at radius 2 is 2.00 bits per heavy atom. The van der Waals surface area contributed by atoms with Crippen LogP contribution in [0.3, 0.4) is 0 Å². The average Bonchev–Trinajstić information content (AvgIpc) is 2.46. The van der Waals surface area contributed by atoms with Gasteiger partial charge in [-0.25, -0.2) is 0 Å². The number of carbonyl (C=O) groups excluding carboxylic acids is 1. The molecule has 8 heteroatoms. The number of non-ortho nitro benzene ring substituents is 1. The number of nitro groups is 1. The summed E-state index contributed by atoms with van der Waals surface area (Å²) in [6.07, 6.45) is 0. The van der Waals surface area contributed by atoms with Gasteiger partial charge < -0.3 is 15.5 Å². The molecule has 0 fully saturated rings. The maximum atomic E-state index is 12.1. The van der Waals surface area contributed by atoms with E-state index in [2.05, 4.69) is 5.32 Å². The highest BCUT2D eigenvalue weighted by atomic mass is 16.6. The van der Waals surface area contributed by atoms with Gasteiger partial charge in [-0.05, 0) is 13.0 Å². The third-order valence-corrected chi connectivity index (χ3v) is 3.03. The van der Waals surface area contributed by atoms with Crippen molar-refractivity contribution in [3.05, 3.63) is 34.4 Å². The summed E-state index contributed by atoms with van der Waals surface area (Å²) in [5, 5.41) is 31.2. The molecular formula is C13H19N3O5. The minimum atomic E-state index is -0.580. The zero-order valence-electron chi connectivity index (χ0n) is 11.7. The SMILES string of the molecule is CC(C(=O)Nc1cccc([N+](=O)[O-])c1)N(CCO)CCO. The summed E-state index contributed by atoms with van der Waals surface area (Å²) in [6, 6.07) is 5.07. The highest BCUT2D eigenvalue weighted by molar-refractivity contribution is 5.94. The maximum Gasteiger partial charge on any atom is 0.271 e.